The third-order valence-corrected chi connectivity index (χ3v) is 2.91. The molecule has 0 bridgehead atoms. The number of aliphatic hydroxyl groups is 1. The van der Waals surface area contributed by atoms with Gasteiger partial charge in [-0.25, -0.2) is 0 Å². The smallest absolute Gasteiger partial charge is 0.155 e. The summed E-state index contributed by atoms with van der Waals surface area (Å²) in [7, 11) is 1.64. The van der Waals surface area contributed by atoms with Gasteiger partial charge < -0.3 is 19.3 Å². The number of methoxy groups -OCH3 is 1. The van der Waals surface area contributed by atoms with Crippen molar-refractivity contribution in [1.29, 1.82) is 0 Å². The first-order valence-electron chi connectivity index (χ1n) is 6.27. The Kier molecular flexibility index (Phi) is 4.90. The quantitative estimate of drug-likeness (QED) is 0.836. The lowest BCUT2D eigenvalue weighted by molar-refractivity contribution is -0.224. The van der Waals surface area contributed by atoms with E-state index in [0.29, 0.717) is 6.54 Å². The van der Waals surface area contributed by atoms with Crippen LogP contribution in [0.25, 0.3) is 0 Å². The van der Waals surface area contributed by atoms with Crippen LogP contribution in [-0.2, 0) is 16.0 Å². The number of aliphatic imine (C=N–C) groups is 1. The third kappa shape index (κ3) is 4.02. The van der Waals surface area contributed by atoms with Crippen molar-refractivity contribution in [2.75, 3.05) is 13.7 Å². The Morgan fingerprint density at radius 1 is 1.42 bits per heavy atom. The van der Waals surface area contributed by atoms with Crippen LogP contribution in [0, 0.1) is 0 Å². The summed E-state index contributed by atoms with van der Waals surface area (Å²) < 4.78 is 15.7. The highest BCUT2D eigenvalue weighted by Gasteiger charge is 2.26. The van der Waals surface area contributed by atoms with Crippen LogP contribution < -0.4 is 4.74 Å². The standard InChI is InChI=1S/C14H19NO4/c1-10-18-9-13(16)14(19-10)8-15-7-11-3-5-12(17-2)6-4-11/h3-6,8,10,13-14,16H,7,9H2,1-2H3/t10-,13-,14+/m1/s1. The molecular weight excluding hydrogens is 246 g/mol. The molecule has 0 saturated carbocycles. The summed E-state index contributed by atoms with van der Waals surface area (Å²) in [5, 5.41) is 9.69. The Hall–Kier alpha value is -1.43. The van der Waals surface area contributed by atoms with Gasteiger partial charge in [0, 0.05) is 6.21 Å². The molecule has 1 heterocycles. The summed E-state index contributed by atoms with van der Waals surface area (Å²) in [6, 6.07) is 7.71. The van der Waals surface area contributed by atoms with E-state index < -0.39 is 12.2 Å². The van der Waals surface area contributed by atoms with E-state index in [4.69, 9.17) is 14.2 Å². The van der Waals surface area contributed by atoms with Crippen molar-refractivity contribution >= 4 is 6.21 Å². The van der Waals surface area contributed by atoms with Crippen molar-refractivity contribution < 1.29 is 19.3 Å². The van der Waals surface area contributed by atoms with Crippen LogP contribution in [0.1, 0.15) is 12.5 Å². The molecule has 1 saturated heterocycles. The Morgan fingerprint density at radius 2 is 2.16 bits per heavy atom. The van der Waals surface area contributed by atoms with Gasteiger partial charge in [0.25, 0.3) is 0 Å². The molecule has 1 aliphatic rings. The van der Waals surface area contributed by atoms with Crippen molar-refractivity contribution in [2.45, 2.75) is 32.0 Å². The highest BCUT2D eigenvalue weighted by Crippen LogP contribution is 2.13. The minimum absolute atomic E-state index is 0.278. The predicted octanol–water partition coefficient (Wildman–Crippen LogP) is 1.39. The largest absolute Gasteiger partial charge is 0.497 e. The van der Waals surface area contributed by atoms with Crippen LogP contribution in [0.2, 0.25) is 0 Å². The van der Waals surface area contributed by atoms with Gasteiger partial charge in [0.1, 0.15) is 18.0 Å². The molecular formula is C14H19NO4. The molecule has 0 spiro atoms. The molecule has 5 heteroatoms. The van der Waals surface area contributed by atoms with E-state index in [0.717, 1.165) is 11.3 Å². The van der Waals surface area contributed by atoms with Crippen LogP contribution in [0.5, 0.6) is 5.75 Å². The average molecular weight is 265 g/mol. The zero-order chi connectivity index (χ0) is 13.7. The second-order valence-corrected chi connectivity index (χ2v) is 4.41. The van der Waals surface area contributed by atoms with Crippen LogP contribution in [-0.4, -0.2) is 43.5 Å². The molecule has 0 unspecified atom stereocenters. The number of aliphatic hydroxyl groups excluding tert-OH is 1. The second kappa shape index (κ2) is 6.65. The number of rotatable bonds is 4. The highest BCUT2D eigenvalue weighted by molar-refractivity contribution is 5.64. The van der Waals surface area contributed by atoms with Gasteiger partial charge in [-0.15, -0.1) is 0 Å². The monoisotopic (exact) mass is 265 g/mol. The molecule has 3 atom stereocenters. The Morgan fingerprint density at radius 3 is 2.84 bits per heavy atom. The fourth-order valence-corrected chi connectivity index (χ4v) is 1.81. The van der Waals surface area contributed by atoms with Gasteiger partial charge in [0.05, 0.1) is 20.3 Å². The zero-order valence-electron chi connectivity index (χ0n) is 11.2. The molecule has 1 fully saturated rings. The topological polar surface area (TPSA) is 60.3 Å². The van der Waals surface area contributed by atoms with Gasteiger partial charge in [-0.1, -0.05) is 12.1 Å². The van der Waals surface area contributed by atoms with Gasteiger partial charge in [-0.2, -0.15) is 0 Å². The van der Waals surface area contributed by atoms with E-state index in [1.807, 2.05) is 24.3 Å². The molecule has 0 amide bonds. The third-order valence-electron chi connectivity index (χ3n) is 2.91. The van der Waals surface area contributed by atoms with E-state index in [-0.39, 0.29) is 12.9 Å². The van der Waals surface area contributed by atoms with E-state index >= 15 is 0 Å². The van der Waals surface area contributed by atoms with Crippen LogP contribution in [0.3, 0.4) is 0 Å². The number of hydrogen-bond donors (Lipinski definition) is 1. The normalized spacial score (nSPS) is 27.6. The summed E-state index contributed by atoms with van der Waals surface area (Å²) in [6.07, 6.45) is 0.284. The number of hydrogen-bond acceptors (Lipinski definition) is 5. The molecule has 5 nitrogen and oxygen atoms in total. The first-order chi connectivity index (χ1) is 9.19. The van der Waals surface area contributed by atoms with Crippen molar-refractivity contribution in [3.63, 3.8) is 0 Å². The fourth-order valence-electron chi connectivity index (χ4n) is 1.81. The van der Waals surface area contributed by atoms with Crippen LogP contribution in [0.4, 0.5) is 0 Å². The lowest BCUT2D eigenvalue weighted by Crippen LogP contribution is -2.43. The van der Waals surface area contributed by atoms with Crippen molar-refractivity contribution in [3.05, 3.63) is 29.8 Å². The summed E-state index contributed by atoms with van der Waals surface area (Å²) in [5.74, 6) is 0.824. The summed E-state index contributed by atoms with van der Waals surface area (Å²) >= 11 is 0. The molecule has 1 N–H and O–H groups in total. The zero-order valence-corrected chi connectivity index (χ0v) is 11.2. The maximum Gasteiger partial charge on any atom is 0.155 e. The first-order valence-corrected chi connectivity index (χ1v) is 6.27. The molecule has 0 radical (unpaired) electrons. The first kappa shape index (κ1) is 14.0. The fraction of sp³-hybridized carbons (Fsp3) is 0.500. The van der Waals surface area contributed by atoms with Crippen molar-refractivity contribution in [1.82, 2.24) is 0 Å². The van der Waals surface area contributed by atoms with Gasteiger partial charge >= 0.3 is 0 Å². The molecule has 0 aliphatic carbocycles. The molecule has 1 aromatic carbocycles. The summed E-state index contributed by atoms with van der Waals surface area (Å²) in [6.45, 7) is 2.63. The van der Waals surface area contributed by atoms with Crippen LogP contribution in [0.15, 0.2) is 29.3 Å². The lowest BCUT2D eigenvalue weighted by Gasteiger charge is -2.29. The van der Waals surface area contributed by atoms with E-state index in [9.17, 15) is 5.11 Å². The van der Waals surface area contributed by atoms with E-state index in [2.05, 4.69) is 4.99 Å². The molecule has 104 valence electrons. The number of ether oxygens (including phenoxy) is 3. The maximum atomic E-state index is 9.69. The molecule has 2 rings (SSSR count). The number of benzene rings is 1. The van der Waals surface area contributed by atoms with E-state index in [1.165, 1.54) is 0 Å². The lowest BCUT2D eigenvalue weighted by atomic mass is 10.2. The predicted molar refractivity (Wildman–Crippen MR) is 71.5 cm³/mol. The maximum absolute atomic E-state index is 9.69. The number of nitrogens with zero attached hydrogens (tertiary/aromatic N) is 1. The molecule has 1 aliphatic heterocycles. The second-order valence-electron chi connectivity index (χ2n) is 4.41. The SMILES string of the molecule is COc1ccc(CN=C[C@@H]2O[C@H](C)OC[C@H]2O)cc1. The Balaban J connectivity index is 1.87. The van der Waals surface area contributed by atoms with Crippen LogP contribution >= 0.6 is 0 Å². The van der Waals surface area contributed by atoms with E-state index in [1.54, 1.807) is 20.2 Å². The van der Waals surface area contributed by atoms with Gasteiger partial charge in [0.2, 0.25) is 0 Å². The average Bonchev–Trinajstić information content (AvgIpc) is 2.43. The van der Waals surface area contributed by atoms with Crippen molar-refractivity contribution in [2.24, 2.45) is 4.99 Å². The summed E-state index contributed by atoms with van der Waals surface area (Å²) in [5.41, 5.74) is 1.08. The highest BCUT2D eigenvalue weighted by atomic mass is 16.7. The van der Waals surface area contributed by atoms with Crippen molar-refractivity contribution in [3.8, 4) is 5.75 Å². The van der Waals surface area contributed by atoms with Gasteiger partial charge in [-0.05, 0) is 24.6 Å². The minimum Gasteiger partial charge on any atom is -0.497 e. The molecule has 19 heavy (non-hydrogen) atoms. The minimum atomic E-state index is -0.657. The molecule has 0 aromatic heterocycles. The Bertz CT molecular complexity index is 418. The Labute approximate surface area is 112 Å². The summed E-state index contributed by atoms with van der Waals surface area (Å²) in [4.78, 5) is 4.30. The molecule has 1 aromatic rings. The van der Waals surface area contributed by atoms with Gasteiger partial charge in [0.15, 0.2) is 6.29 Å². The van der Waals surface area contributed by atoms with Gasteiger partial charge in [-0.3, -0.25) is 4.99 Å².